The predicted molar refractivity (Wildman–Crippen MR) is 93.8 cm³/mol. The topological polar surface area (TPSA) is 69.6 Å². The normalized spacial score (nSPS) is 31.2. The summed E-state index contributed by atoms with van der Waals surface area (Å²) in [5.41, 5.74) is 1.03. The molecule has 2 aromatic heterocycles. The van der Waals surface area contributed by atoms with Gasteiger partial charge in [0.1, 0.15) is 0 Å². The van der Waals surface area contributed by atoms with Gasteiger partial charge in [0.15, 0.2) is 5.82 Å². The average molecular weight is 344 g/mol. The van der Waals surface area contributed by atoms with Crippen LogP contribution in [0.15, 0.2) is 11.4 Å². The molecule has 0 amide bonds. The molecule has 3 aliphatic rings. The van der Waals surface area contributed by atoms with Crippen LogP contribution in [-0.2, 0) is 4.79 Å². The number of carboxylic acids is 1. The molecular weight excluding hydrogens is 324 g/mol. The highest BCUT2D eigenvalue weighted by molar-refractivity contribution is 7.17. The molecule has 1 unspecified atom stereocenters. The maximum atomic E-state index is 10.9. The zero-order valence-electron chi connectivity index (χ0n) is 13.6. The highest BCUT2D eigenvalue weighted by Gasteiger charge is 2.56. The Morgan fingerprint density at radius 3 is 2.79 bits per heavy atom. The first-order valence-corrected chi connectivity index (χ1v) is 9.48. The third-order valence-corrected chi connectivity index (χ3v) is 6.83. The highest BCUT2D eigenvalue weighted by atomic mass is 32.1. The van der Waals surface area contributed by atoms with E-state index in [1.807, 2.05) is 0 Å². The molecule has 0 radical (unpaired) electrons. The van der Waals surface area contributed by atoms with Gasteiger partial charge < -0.3 is 14.9 Å². The van der Waals surface area contributed by atoms with E-state index < -0.39 is 5.97 Å². The van der Waals surface area contributed by atoms with Crippen LogP contribution >= 0.6 is 11.3 Å². The minimum atomic E-state index is -0.669. The molecule has 2 saturated heterocycles. The van der Waals surface area contributed by atoms with Crippen molar-refractivity contribution < 1.29 is 9.90 Å². The van der Waals surface area contributed by atoms with Gasteiger partial charge in [-0.05, 0) is 42.5 Å². The number of aromatic nitrogens is 2. The molecule has 4 heterocycles. The molecule has 5 rings (SSSR count). The van der Waals surface area contributed by atoms with Gasteiger partial charge >= 0.3 is 5.97 Å². The fourth-order valence-electron chi connectivity index (χ4n) is 4.32. The number of carboxylic acid groups (broad SMARTS) is 1. The number of anilines is 2. The summed E-state index contributed by atoms with van der Waals surface area (Å²) in [5, 5.41) is 11.1. The Balaban J connectivity index is 1.43. The van der Waals surface area contributed by atoms with E-state index in [2.05, 4.69) is 28.2 Å². The Morgan fingerprint density at radius 1 is 1.38 bits per heavy atom. The molecule has 126 valence electrons. The van der Waals surface area contributed by atoms with Crippen molar-refractivity contribution in [2.45, 2.75) is 25.8 Å². The van der Waals surface area contributed by atoms with E-state index in [4.69, 9.17) is 15.1 Å². The maximum Gasteiger partial charge on any atom is 0.303 e. The fraction of sp³-hybridized carbons (Fsp3) is 0.588. The summed E-state index contributed by atoms with van der Waals surface area (Å²) in [5.74, 6) is 2.64. The molecule has 2 aromatic rings. The molecular formula is C17H20N4O2S. The molecule has 1 saturated carbocycles. The molecule has 2 aliphatic heterocycles. The van der Waals surface area contributed by atoms with Gasteiger partial charge in [-0.25, -0.2) is 4.98 Å². The van der Waals surface area contributed by atoms with Crippen LogP contribution in [0, 0.1) is 17.8 Å². The first-order valence-electron chi connectivity index (χ1n) is 8.60. The van der Waals surface area contributed by atoms with Gasteiger partial charge in [0.25, 0.3) is 0 Å². The van der Waals surface area contributed by atoms with Crippen molar-refractivity contribution in [1.29, 1.82) is 0 Å². The number of rotatable bonds is 4. The third-order valence-electron chi connectivity index (χ3n) is 5.93. The van der Waals surface area contributed by atoms with Crippen LogP contribution in [0.5, 0.6) is 0 Å². The quantitative estimate of drug-likeness (QED) is 0.919. The van der Waals surface area contributed by atoms with Gasteiger partial charge in [-0.3, -0.25) is 4.79 Å². The smallest absolute Gasteiger partial charge is 0.303 e. The molecule has 1 N–H and O–H groups in total. The average Bonchev–Trinajstić information content (AvgIpc) is 2.97. The van der Waals surface area contributed by atoms with E-state index in [9.17, 15) is 4.79 Å². The lowest BCUT2D eigenvalue weighted by atomic mass is 10.1. The molecule has 0 spiro atoms. The minimum absolute atomic E-state index is 0.317. The van der Waals surface area contributed by atoms with Crippen LogP contribution in [-0.4, -0.2) is 46.7 Å². The van der Waals surface area contributed by atoms with Crippen molar-refractivity contribution in [2.24, 2.45) is 17.8 Å². The van der Waals surface area contributed by atoms with Crippen molar-refractivity contribution in [1.82, 2.24) is 9.97 Å². The van der Waals surface area contributed by atoms with Crippen LogP contribution < -0.4 is 9.80 Å². The van der Waals surface area contributed by atoms with Crippen molar-refractivity contribution >= 4 is 39.3 Å². The number of hydrogen-bond donors (Lipinski definition) is 1. The van der Waals surface area contributed by atoms with Crippen LogP contribution in [0.4, 0.5) is 11.8 Å². The molecule has 7 heteroatoms. The number of aliphatic carboxylic acids is 1. The molecule has 24 heavy (non-hydrogen) atoms. The zero-order chi connectivity index (χ0) is 16.4. The summed E-state index contributed by atoms with van der Waals surface area (Å²) in [6.07, 6.45) is 1.52. The van der Waals surface area contributed by atoms with Crippen LogP contribution in [0.25, 0.3) is 10.2 Å². The van der Waals surface area contributed by atoms with Gasteiger partial charge in [0.2, 0.25) is 5.95 Å². The third kappa shape index (κ3) is 2.10. The van der Waals surface area contributed by atoms with Gasteiger partial charge in [0, 0.05) is 32.1 Å². The molecule has 3 fully saturated rings. The molecule has 0 aromatic carbocycles. The summed E-state index contributed by atoms with van der Waals surface area (Å²) in [6.45, 7) is 5.11. The van der Waals surface area contributed by atoms with E-state index in [0.717, 1.165) is 41.6 Å². The summed E-state index contributed by atoms with van der Waals surface area (Å²) in [4.78, 5) is 25.2. The molecule has 4 atom stereocenters. The van der Waals surface area contributed by atoms with E-state index in [-0.39, 0.29) is 0 Å². The van der Waals surface area contributed by atoms with Gasteiger partial charge in [-0.2, -0.15) is 4.98 Å². The summed E-state index contributed by atoms with van der Waals surface area (Å²) >= 11 is 1.70. The SMILES string of the molecule is C[C@H]1CCN1c1nc(N2C[C@@H]3C(CC(=O)O)[C@@H]3C2)c2sccc2n1. The Kier molecular flexibility index (Phi) is 3.04. The van der Waals surface area contributed by atoms with E-state index >= 15 is 0 Å². The number of fused-ring (bicyclic) bond motifs is 2. The standard InChI is InChI=1S/C17H20N4O2S/c1-9-2-4-21(9)17-18-13-3-5-24-15(13)16(19-17)20-7-11-10(6-14(22)23)12(11)8-20/h3,5,9-12H,2,4,6-8H2,1H3,(H,22,23)/t9-,10?,11-,12+/m0/s1. The van der Waals surface area contributed by atoms with E-state index in [1.165, 1.54) is 6.42 Å². The monoisotopic (exact) mass is 344 g/mol. The van der Waals surface area contributed by atoms with Crippen molar-refractivity contribution in [3.05, 3.63) is 11.4 Å². The first kappa shape index (κ1) is 14.5. The van der Waals surface area contributed by atoms with Crippen LogP contribution in [0.3, 0.4) is 0 Å². The van der Waals surface area contributed by atoms with Crippen molar-refractivity contribution in [3.63, 3.8) is 0 Å². The maximum absolute atomic E-state index is 10.9. The van der Waals surface area contributed by atoms with Gasteiger partial charge in [-0.15, -0.1) is 11.3 Å². The second kappa shape index (κ2) is 5.05. The Bertz CT molecular complexity index is 810. The lowest BCUT2D eigenvalue weighted by molar-refractivity contribution is -0.137. The fourth-order valence-corrected chi connectivity index (χ4v) is 5.17. The number of nitrogens with zero attached hydrogens (tertiary/aromatic N) is 4. The molecule has 0 bridgehead atoms. The van der Waals surface area contributed by atoms with Gasteiger partial charge in [0.05, 0.1) is 10.2 Å². The lowest BCUT2D eigenvalue weighted by Crippen LogP contribution is -2.46. The Morgan fingerprint density at radius 2 is 2.17 bits per heavy atom. The lowest BCUT2D eigenvalue weighted by Gasteiger charge is -2.39. The van der Waals surface area contributed by atoms with E-state index in [0.29, 0.717) is 30.2 Å². The van der Waals surface area contributed by atoms with Gasteiger partial charge in [-0.1, -0.05) is 0 Å². The largest absolute Gasteiger partial charge is 0.481 e. The predicted octanol–water partition coefficient (Wildman–Crippen LogP) is 2.45. The molecule has 6 nitrogen and oxygen atoms in total. The molecule has 1 aliphatic carbocycles. The minimum Gasteiger partial charge on any atom is -0.481 e. The van der Waals surface area contributed by atoms with Crippen LogP contribution in [0.1, 0.15) is 19.8 Å². The Labute approximate surface area is 144 Å². The second-order valence-electron chi connectivity index (χ2n) is 7.31. The summed E-state index contributed by atoms with van der Waals surface area (Å²) in [6, 6.07) is 2.59. The number of hydrogen-bond acceptors (Lipinski definition) is 6. The number of piperidine rings is 1. The van der Waals surface area contributed by atoms with Crippen molar-refractivity contribution in [2.75, 3.05) is 29.4 Å². The first-order chi connectivity index (χ1) is 11.6. The highest BCUT2D eigenvalue weighted by Crippen LogP contribution is 2.54. The summed E-state index contributed by atoms with van der Waals surface area (Å²) < 4.78 is 1.16. The van der Waals surface area contributed by atoms with Crippen LogP contribution in [0.2, 0.25) is 0 Å². The summed E-state index contributed by atoms with van der Waals surface area (Å²) in [7, 11) is 0. The zero-order valence-corrected chi connectivity index (χ0v) is 14.4. The Hall–Kier alpha value is -1.89. The van der Waals surface area contributed by atoms with E-state index in [1.54, 1.807) is 11.3 Å². The number of thiophene rings is 1. The second-order valence-corrected chi connectivity index (χ2v) is 8.22. The van der Waals surface area contributed by atoms with Crippen molar-refractivity contribution in [3.8, 4) is 0 Å². The number of carbonyl (C=O) groups is 1.